The molecule has 0 radical (unpaired) electrons. The molecule has 2 aromatic carbocycles. The summed E-state index contributed by atoms with van der Waals surface area (Å²) >= 11 is 1.24. The summed E-state index contributed by atoms with van der Waals surface area (Å²) in [6, 6.07) is 12.7. The first-order chi connectivity index (χ1) is 13.6. The molecule has 3 rings (SSSR count). The lowest BCUT2D eigenvalue weighted by molar-refractivity contribution is 0.0987. The van der Waals surface area contributed by atoms with Crippen LogP contribution in [-0.2, 0) is 0 Å². The lowest BCUT2D eigenvalue weighted by Gasteiger charge is -2.12. The van der Waals surface area contributed by atoms with Crippen LogP contribution in [0.3, 0.4) is 0 Å². The highest BCUT2D eigenvalue weighted by molar-refractivity contribution is 7.99. The number of aliphatic hydroxyl groups excluding tert-OH is 1. The Bertz CT molecular complexity index is 933. The first kappa shape index (κ1) is 20.0. The molecule has 1 N–H and O–H groups in total. The third kappa shape index (κ3) is 5.14. The van der Waals surface area contributed by atoms with Gasteiger partial charge in [-0.25, -0.2) is 4.39 Å². The molecule has 1 heterocycles. The maximum atomic E-state index is 13.4. The Labute approximate surface area is 165 Å². The molecule has 0 aliphatic rings. The number of aromatic nitrogens is 4. The number of hydrogen-bond donors (Lipinski definition) is 1. The molecule has 0 amide bonds. The van der Waals surface area contributed by atoms with Gasteiger partial charge in [0, 0.05) is 17.7 Å². The van der Waals surface area contributed by atoms with E-state index >= 15 is 0 Å². The SMILES string of the molecule is CCC(=O)c1ccc(OCC(O)CSc2nnnn2-c2cccc(F)c2)cc1. The molecule has 0 saturated heterocycles. The predicted molar refractivity (Wildman–Crippen MR) is 102 cm³/mol. The maximum Gasteiger partial charge on any atom is 0.214 e. The summed E-state index contributed by atoms with van der Waals surface area (Å²) in [4.78, 5) is 11.6. The number of halogens is 1. The Morgan fingerprint density at radius 2 is 2.07 bits per heavy atom. The molecule has 3 aromatic rings. The summed E-state index contributed by atoms with van der Waals surface area (Å²) in [5.41, 5.74) is 1.13. The van der Waals surface area contributed by atoms with E-state index in [1.54, 1.807) is 36.4 Å². The fourth-order valence-corrected chi connectivity index (χ4v) is 3.19. The Balaban J connectivity index is 1.52. The van der Waals surface area contributed by atoms with Crippen LogP contribution in [0.25, 0.3) is 5.69 Å². The van der Waals surface area contributed by atoms with Crippen molar-refractivity contribution in [1.82, 2.24) is 20.2 Å². The molecule has 1 atom stereocenters. The Kier molecular flexibility index (Phi) is 6.72. The van der Waals surface area contributed by atoms with Crippen molar-refractivity contribution in [3.8, 4) is 11.4 Å². The molecular weight excluding hydrogens is 383 g/mol. The summed E-state index contributed by atoms with van der Waals surface area (Å²) in [6.45, 7) is 1.89. The predicted octanol–water partition coefficient (Wildman–Crippen LogP) is 2.93. The van der Waals surface area contributed by atoms with Gasteiger partial charge in [-0.2, -0.15) is 4.68 Å². The molecule has 0 aliphatic carbocycles. The number of Topliss-reactive ketones (excluding diaryl/α,β-unsaturated/α-hetero) is 1. The molecule has 146 valence electrons. The third-order valence-electron chi connectivity index (χ3n) is 3.84. The van der Waals surface area contributed by atoms with Crippen molar-refractivity contribution in [3.05, 3.63) is 59.9 Å². The maximum absolute atomic E-state index is 13.4. The first-order valence-corrected chi connectivity index (χ1v) is 9.66. The summed E-state index contributed by atoms with van der Waals surface area (Å²) < 4.78 is 20.4. The molecule has 9 heteroatoms. The number of ketones is 1. The minimum atomic E-state index is -0.764. The summed E-state index contributed by atoms with van der Waals surface area (Å²) in [7, 11) is 0. The average molecular weight is 402 g/mol. The number of carbonyl (C=O) groups is 1. The van der Waals surface area contributed by atoms with Crippen LogP contribution in [-0.4, -0.2) is 49.6 Å². The van der Waals surface area contributed by atoms with E-state index in [-0.39, 0.29) is 18.2 Å². The standard InChI is InChI=1S/C19H19FN4O3S/c1-2-18(26)13-6-8-17(9-7-13)27-11-16(25)12-28-19-21-22-23-24(19)15-5-3-4-14(20)10-15/h3-10,16,25H,2,11-12H2,1H3. The van der Waals surface area contributed by atoms with E-state index in [1.807, 2.05) is 6.92 Å². The molecule has 0 saturated carbocycles. The Hall–Kier alpha value is -2.78. The number of rotatable bonds is 9. The van der Waals surface area contributed by atoms with Gasteiger partial charge in [-0.05, 0) is 52.9 Å². The molecule has 1 unspecified atom stereocenters. The molecular formula is C19H19FN4O3S. The summed E-state index contributed by atoms with van der Waals surface area (Å²) in [5, 5.41) is 22.0. The van der Waals surface area contributed by atoms with Crippen molar-refractivity contribution >= 4 is 17.5 Å². The largest absolute Gasteiger partial charge is 0.491 e. The number of hydrogen-bond acceptors (Lipinski definition) is 7. The smallest absolute Gasteiger partial charge is 0.214 e. The number of ether oxygens (including phenoxy) is 1. The monoisotopic (exact) mass is 402 g/mol. The highest BCUT2D eigenvalue weighted by atomic mass is 32.2. The van der Waals surface area contributed by atoms with E-state index in [2.05, 4.69) is 15.5 Å². The quantitative estimate of drug-likeness (QED) is 0.435. The van der Waals surface area contributed by atoms with Crippen molar-refractivity contribution < 1.29 is 19.0 Å². The number of aliphatic hydroxyl groups is 1. The van der Waals surface area contributed by atoms with Gasteiger partial charge in [0.2, 0.25) is 5.16 Å². The van der Waals surface area contributed by atoms with Crippen molar-refractivity contribution in [1.29, 1.82) is 0 Å². The van der Waals surface area contributed by atoms with Crippen LogP contribution in [0.2, 0.25) is 0 Å². The van der Waals surface area contributed by atoms with Crippen LogP contribution in [0, 0.1) is 5.82 Å². The molecule has 0 fully saturated rings. The van der Waals surface area contributed by atoms with Crippen molar-refractivity contribution in [3.63, 3.8) is 0 Å². The third-order valence-corrected chi connectivity index (χ3v) is 4.90. The van der Waals surface area contributed by atoms with Gasteiger partial charge in [0.05, 0.1) is 11.8 Å². The lowest BCUT2D eigenvalue weighted by atomic mass is 10.1. The van der Waals surface area contributed by atoms with Crippen LogP contribution in [0.5, 0.6) is 5.75 Å². The number of thioether (sulfide) groups is 1. The number of tetrazole rings is 1. The van der Waals surface area contributed by atoms with E-state index in [4.69, 9.17) is 4.74 Å². The zero-order valence-electron chi connectivity index (χ0n) is 15.2. The van der Waals surface area contributed by atoms with Gasteiger partial charge in [0.1, 0.15) is 18.2 Å². The highest BCUT2D eigenvalue weighted by Gasteiger charge is 2.13. The minimum Gasteiger partial charge on any atom is -0.491 e. The topological polar surface area (TPSA) is 90.1 Å². The number of carbonyl (C=O) groups excluding carboxylic acids is 1. The second-order valence-electron chi connectivity index (χ2n) is 5.93. The van der Waals surface area contributed by atoms with Crippen molar-refractivity contribution in [2.45, 2.75) is 24.6 Å². The molecule has 7 nitrogen and oxygen atoms in total. The van der Waals surface area contributed by atoms with Gasteiger partial charge < -0.3 is 9.84 Å². The molecule has 1 aromatic heterocycles. The second-order valence-corrected chi connectivity index (χ2v) is 6.92. The summed E-state index contributed by atoms with van der Waals surface area (Å²) in [5.74, 6) is 0.548. The van der Waals surface area contributed by atoms with Gasteiger partial charge >= 0.3 is 0 Å². The van der Waals surface area contributed by atoms with E-state index < -0.39 is 6.10 Å². The van der Waals surface area contributed by atoms with Gasteiger partial charge in [-0.15, -0.1) is 5.10 Å². The Morgan fingerprint density at radius 3 is 2.79 bits per heavy atom. The lowest BCUT2D eigenvalue weighted by Crippen LogP contribution is -2.20. The zero-order valence-corrected chi connectivity index (χ0v) is 16.0. The van der Waals surface area contributed by atoms with Crippen molar-refractivity contribution in [2.75, 3.05) is 12.4 Å². The van der Waals surface area contributed by atoms with E-state index in [0.29, 0.717) is 34.3 Å². The normalized spacial score (nSPS) is 12.0. The van der Waals surface area contributed by atoms with Crippen LogP contribution in [0.4, 0.5) is 4.39 Å². The molecule has 0 aliphatic heterocycles. The number of benzene rings is 2. The van der Waals surface area contributed by atoms with E-state index in [0.717, 1.165) is 0 Å². The van der Waals surface area contributed by atoms with Crippen LogP contribution >= 0.6 is 11.8 Å². The molecule has 0 spiro atoms. The van der Waals surface area contributed by atoms with Gasteiger partial charge in [0.15, 0.2) is 5.78 Å². The fraction of sp³-hybridized carbons (Fsp3) is 0.263. The summed E-state index contributed by atoms with van der Waals surface area (Å²) in [6.07, 6.45) is -0.315. The molecule has 28 heavy (non-hydrogen) atoms. The van der Waals surface area contributed by atoms with Crippen molar-refractivity contribution in [2.24, 2.45) is 0 Å². The highest BCUT2D eigenvalue weighted by Crippen LogP contribution is 2.20. The second kappa shape index (κ2) is 9.43. The minimum absolute atomic E-state index is 0.0685. The number of nitrogens with zero attached hydrogens (tertiary/aromatic N) is 4. The van der Waals surface area contributed by atoms with Gasteiger partial charge in [-0.3, -0.25) is 4.79 Å². The average Bonchev–Trinajstić information content (AvgIpc) is 3.19. The fourth-order valence-electron chi connectivity index (χ4n) is 2.39. The van der Waals surface area contributed by atoms with E-state index in [9.17, 15) is 14.3 Å². The van der Waals surface area contributed by atoms with Crippen LogP contribution in [0.15, 0.2) is 53.7 Å². The van der Waals surface area contributed by atoms with Crippen LogP contribution < -0.4 is 4.74 Å². The van der Waals surface area contributed by atoms with Crippen LogP contribution in [0.1, 0.15) is 23.7 Å². The van der Waals surface area contributed by atoms with Gasteiger partial charge in [0.25, 0.3) is 0 Å². The Morgan fingerprint density at radius 1 is 1.29 bits per heavy atom. The van der Waals surface area contributed by atoms with Gasteiger partial charge in [-0.1, -0.05) is 24.8 Å². The first-order valence-electron chi connectivity index (χ1n) is 8.68. The molecule has 0 bridgehead atoms. The zero-order chi connectivity index (χ0) is 19.9. The van der Waals surface area contributed by atoms with E-state index in [1.165, 1.54) is 28.6 Å².